The monoisotopic (exact) mass is 216 g/mol. The number of hydrogen-bond donors (Lipinski definition) is 0. The van der Waals surface area contributed by atoms with Crippen molar-refractivity contribution in [3.8, 4) is 0 Å². The predicted molar refractivity (Wildman–Crippen MR) is 53.5 cm³/mol. The number of fused-ring (bicyclic) bond motifs is 1. The Kier molecular flexibility index (Phi) is 2.26. The van der Waals surface area contributed by atoms with Crippen molar-refractivity contribution in [1.82, 2.24) is 0 Å². The van der Waals surface area contributed by atoms with E-state index in [1.54, 1.807) is 5.38 Å². The number of halogens is 2. The fourth-order valence-electron chi connectivity index (χ4n) is 1.20. The van der Waals surface area contributed by atoms with Gasteiger partial charge < -0.3 is 0 Å². The lowest BCUT2D eigenvalue weighted by atomic mass is 10.2. The van der Waals surface area contributed by atoms with E-state index in [1.165, 1.54) is 29.2 Å². The van der Waals surface area contributed by atoms with Gasteiger partial charge in [0, 0.05) is 15.7 Å². The van der Waals surface area contributed by atoms with Crippen LogP contribution >= 0.6 is 23.1 Å². The number of thioether (sulfide) groups is 1. The first-order chi connectivity index (χ1) is 6.24. The van der Waals surface area contributed by atoms with Gasteiger partial charge in [-0.15, -0.1) is 23.1 Å². The zero-order valence-corrected chi connectivity index (χ0v) is 8.44. The van der Waals surface area contributed by atoms with Crippen LogP contribution in [-0.2, 0) is 0 Å². The fraction of sp³-hybridized carbons (Fsp3) is 0.111. The first-order valence-electron chi connectivity index (χ1n) is 3.63. The normalized spacial score (nSPS) is 11.0. The Bertz CT molecular complexity index is 448. The van der Waals surface area contributed by atoms with Gasteiger partial charge in [0.25, 0.3) is 0 Å². The summed E-state index contributed by atoms with van der Waals surface area (Å²) in [5.74, 6) is -0.691. The van der Waals surface area contributed by atoms with Crippen molar-refractivity contribution in [2.75, 3.05) is 6.26 Å². The summed E-state index contributed by atoms with van der Waals surface area (Å²) in [6.45, 7) is 0. The molecule has 0 saturated heterocycles. The average molecular weight is 216 g/mol. The Morgan fingerprint density at radius 2 is 1.92 bits per heavy atom. The highest BCUT2D eigenvalue weighted by molar-refractivity contribution is 7.99. The van der Waals surface area contributed by atoms with Crippen molar-refractivity contribution in [3.05, 3.63) is 29.1 Å². The van der Waals surface area contributed by atoms with Crippen LogP contribution in [0.2, 0.25) is 0 Å². The summed E-state index contributed by atoms with van der Waals surface area (Å²) in [5, 5.41) is 2.19. The van der Waals surface area contributed by atoms with Crippen molar-refractivity contribution < 1.29 is 8.78 Å². The van der Waals surface area contributed by atoms with Gasteiger partial charge in [0.15, 0.2) is 0 Å². The lowest BCUT2D eigenvalue weighted by Crippen LogP contribution is -1.80. The van der Waals surface area contributed by atoms with E-state index in [9.17, 15) is 8.78 Å². The lowest BCUT2D eigenvalue weighted by Gasteiger charge is -1.96. The van der Waals surface area contributed by atoms with Crippen LogP contribution in [-0.4, -0.2) is 6.26 Å². The molecule has 2 rings (SSSR count). The van der Waals surface area contributed by atoms with Crippen molar-refractivity contribution >= 4 is 33.2 Å². The van der Waals surface area contributed by atoms with Crippen LogP contribution in [0.1, 0.15) is 0 Å². The van der Waals surface area contributed by atoms with E-state index < -0.39 is 0 Å². The molecule has 1 heterocycles. The van der Waals surface area contributed by atoms with Gasteiger partial charge in [0.05, 0.1) is 4.70 Å². The SMILES string of the molecule is CSc1csc2c(F)ccc(F)c12. The highest BCUT2D eigenvalue weighted by Crippen LogP contribution is 2.35. The van der Waals surface area contributed by atoms with Gasteiger partial charge in [0.2, 0.25) is 0 Å². The van der Waals surface area contributed by atoms with Crippen LogP contribution in [0.25, 0.3) is 10.1 Å². The molecule has 0 radical (unpaired) electrons. The van der Waals surface area contributed by atoms with Crippen LogP contribution in [0, 0.1) is 11.6 Å². The second-order valence-electron chi connectivity index (χ2n) is 2.54. The molecule has 0 aliphatic carbocycles. The second-order valence-corrected chi connectivity index (χ2v) is 4.27. The maximum Gasteiger partial charge on any atom is 0.141 e. The Balaban J connectivity index is 2.87. The predicted octanol–water partition coefficient (Wildman–Crippen LogP) is 3.90. The Hall–Kier alpha value is -0.610. The molecule has 68 valence electrons. The maximum atomic E-state index is 13.3. The molecule has 0 bridgehead atoms. The minimum absolute atomic E-state index is 0.345. The molecular weight excluding hydrogens is 210 g/mol. The summed E-state index contributed by atoms with van der Waals surface area (Å²) in [5.41, 5.74) is 0. The number of benzene rings is 1. The van der Waals surface area contributed by atoms with Gasteiger partial charge in [-0.3, -0.25) is 0 Å². The third kappa shape index (κ3) is 1.34. The van der Waals surface area contributed by atoms with Gasteiger partial charge in [-0.1, -0.05) is 0 Å². The first kappa shape index (κ1) is 8.97. The molecule has 0 saturated carbocycles. The first-order valence-corrected chi connectivity index (χ1v) is 5.73. The molecule has 0 spiro atoms. The Morgan fingerprint density at radius 1 is 1.23 bits per heavy atom. The molecule has 0 unspecified atom stereocenters. The molecule has 13 heavy (non-hydrogen) atoms. The third-order valence-electron chi connectivity index (χ3n) is 1.81. The molecule has 0 N–H and O–H groups in total. The zero-order valence-electron chi connectivity index (χ0n) is 6.80. The van der Waals surface area contributed by atoms with E-state index in [0.717, 1.165) is 11.0 Å². The number of rotatable bonds is 1. The second kappa shape index (κ2) is 3.27. The highest BCUT2D eigenvalue weighted by atomic mass is 32.2. The Morgan fingerprint density at radius 3 is 2.62 bits per heavy atom. The third-order valence-corrected chi connectivity index (χ3v) is 3.71. The summed E-state index contributed by atoms with van der Waals surface area (Å²) in [6.07, 6.45) is 1.85. The van der Waals surface area contributed by atoms with E-state index >= 15 is 0 Å². The fourth-order valence-corrected chi connectivity index (χ4v) is 3.05. The van der Waals surface area contributed by atoms with Gasteiger partial charge >= 0.3 is 0 Å². The lowest BCUT2D eigenvalue weighted by molar-refractivity contribution is 0.618. The maximum absolute atomic E-state index is 13.3. The van der Waals surface area contributed by atoms with Crippen molar-refractivity contribution in [1.29, 1.82) is 0 Å². The van der Waals surface area contributed by atoms with Crippen molar-refractivity contribution in [3.63, 3.8) is 0 Å². The van der Waals surface area contributed by atoms with Gasteiger partial charge in [-0.25, -0.2) is 8.78 Å². The average Bonchev–Trinajstić information content (AvgIpc) is 2.56. The van der Waals surface area contributed by atoms with E-state index in [1.807, 2.05) is 6.26 Å². The molecule has 2 aromatic rings. The highest BCUT2D eigenvalue weighted by Gasteiger charge is 2.11. The van der Waals surface area contributed by atoms with Crippen LogP contribution in [0.5, 0.6) is 0 Å². The molecule has 4 heteroatoms. The molecule has 0 nitrogen and oxygen atoms in total. The van der Waals surface area contributed by atoms with Crippen LogP contribution in [0.15, 0.2) is 22.4 Å². The molecule has 0 fully saturated rings. The van der Waals surface area contributed by atoms with Gasteiger partial charge in [-0.2, -0.15) is 0 Å². The van der Waals surface area contributed by atoms with Crippen LogP contribution < -0.4 is 0 Å². The molecule has 0 amide bonds. The summed E-state index contributed by atoms with van der Waals surface area (Å²) in [6, 6.07) is 2.34. The van der Waals surface area contributed by atoms with Crippen molar-refractivity contribution in [2.45, 2.75) is 4.90 Å². The van der Waals surface area contributed by atoms with Crippen LogP contribution in [0.3, 0.4) is 0 Å². The zero-order chi connectivity index (χ0) is 9.42. The smallest absolute Gasteiger partial charge is 0.141 e. The van der Waals surface area contributed by atoms with E-state index in [4.69, 9.17) is 0 Å². The van der Waals surface area contributed by atoms with E-state index in [-0.39, 0.29) is 11.6 Å². The molecular formula is C9H6F2S2. The van der Waals surface area contributed by atoms with Gasteiger partial charge in [-0.05, 0) is 18.4 Å². The molecule has 0 aliphatic heterocycles. The van der Waals surface area contributed by atoms with Crippen molar-refractivity contribution in [2.24, 2.45) is 0 Å². The number of hydrogen-bond acceptors (Lipinski definition) is 2. The van der Waals surface area contributed by atoms with Gasteiger partial charge in [0.1, 0.15) is 11.6 Å². The van der Waals surface area contributed by atoms with Crippen LogP contribution in [0.4, 0.5) is 8.78 Å². The quantitative estimate of drug-likeness (QED) is 0.651. The molecule has 0 aliphatic rings. The summed E-state index contributed by atoms with van der Waals surface area (Å²) >= 11 is 2.68. The topological polar surface area (TPSA) is 0 Å². The summed E-state index contributed by atoms with van der Waals surface area (Å²) < 4.78 is 26.8. The summed E-state index contributed by atoms with van der Waals surface area (Å²) in [7, 11) is 0. The minimum Gasteiger partial charge on any atom is -0.206 e. The van der Waals surface area contributed by atoms with E-state index in [0.29, 0.717) is 10.1 Å². The molecule has 1 aromatic heterocycles. The molecule has 1 aromatic carbocycles. The number of thiophene rings is 1. The standard InChI is InChI=1S/C9H6F2S2/c1-12-7-4-13-9-6(11)3-2-5(10)8(7)9/h2-4H,1H3. The summed E-state index contributed by atoms with van der Waals surface area (Å²) in [4.78, 5) is 0.803. The molecule has 0 atom stereocenters. The Labute approximate surface area is 82.6 Å². The van der Waals surface area contributed by atoms with E-state index in [2.05, 4.69) is 0 Å². The minimum atomic E-state index is -0.346. The largest absolute Gasteiger partial charge is 0.206 e.